The summed E-state index contributed by atoms with van der Waals surface area (Å²) < 4.78 is 33.9. The number of hydrogen-bond donors (Lipinski definition) is 1. The van der Waals surface area contributed by atoms with E-state index in [1.807, 2.05) is 30.3 Å². The molecule has 0 aliphatic carbocycles. The second-order valence-electron chi connectivity index (χ2n) is 5.98. The lowest BCUT2D eigenvalue weighted by Crippen LogP contribution is -2.60. The minimum atomic E-state index is -1.23. The second-order valence-corrected chi connectivity index (χ2v) is 5.98. The van der Waals surface area contributed by atoms with Crippen molar-refractivity contribution in [2.45, 2.75) is 49.9 Å². The predicted octanol–water partition coefficient (Wildman–Crippen LogP) is 0.922. The van der Waals surface area contributed by atoms with Gasteiger partial charge in [0.25, 0.3) is 5.97 Å². The fourth-order valence-electron chi connectivity index (χ4n) is 3.15. The van der Waals surface area contributed by atoms with Crippen LogP contribution in [0.4, 0.5) is 0 Å². The predicted molar refractivity (Wildman–Crippen MR) is 76.0 cm³/mol. The van der Waals surface area contributed by atoms with E-state index in [1.165, 1.54) is 7.11 Å². The molecule has 3 heterocycles. The number of aliphatic hydroxyl groups excluding tert-OH is 1. The van der Waals surface area contributed by atoms with Crippen LogP contribution in [-0.4, -0.2) is 55.5 Å². The van der Waals surface area contributed by atoms with E-state index in [1.54, 1.807) is 6.92 Å². The van der Waals surface area contributed by atoms with Gasteiger partial charge in [0.05, 0.1) is 6.61 Å². The summed E-state index contributed by atoms with van der Waals surface area (Å²) in [5, 5.41) is 10.6. The van der Waals surface area contributed by atoms with Gasteiger partial charge in [0, 0.05) is 19.6 Å². The standard InChI is InChI=1S/C16H20O7/c1-16(18-2)22-13-11(17)12-10(20-15(13)23-16)8-19-14(21-12)9-6-4-3-5-7-9/h3-7,10-15,17H,8H2,1-2H3/t10-,11+,12+,13-,14?,15-,16?/m1/s1. The van der Waals surface area contributed by atoms with Gasteiger partial charge in [-0.3, -0.25) is 4.74 Å². The van der Waals surface area contributed by atoms with E-state index >= 15 is 0 Å². The van der Waals surface area contributed by atoms with Gasteiger partial charge >= 0.3 is 0 Å². The first-order chi connectivity index (χ1) is 11.1. The molecule has 2 unspecified atom stereocenters. The molecule has 3 fully saturated rings. The van der Waals surface area contributed by atoms with Gasteiger partial charge in [-0.25, -0.2) is 0 Å². The van der Waals surface area contributed by atoms with E-state index in [9.17, 15) is 5.11 Å². The van der Waals surface area contributed by atoms with Crippen LogP contribution in [-0.2, 0) is 28.4 Å². The van der Waals surface area contributed by atoms with Crippen molar-refractivity contribution in [3.8, 4) is 0 Å². The molecule has 0 radical (unpaired) electrons. The molecule has 0 bridgehead atoms. The van der Waals surface area contributed by atoms with E-state index < -0.39 is 43.0 Å². The van der Waals surface area contributed by atoms with Crippen molar-refractivity contribution in [3.05, 3.63) is 35.9 Å². The van der Waals surface area contributed by atoms with Gasteiger partial charge in [-0.2, -0.15) is 0 Å². The molecule has 23 heavy (non-hydrogen) atoms. The number of aliphatic hydroxyl groups is 1. The monoisotopic (exact) mass is 324 g/mol. The highest BCUT2D eigenvalue weighted by molar-refractivity contribution is 5.16. The van der Waals surface area contributed by atoms with Gasteiger partial charge < -0.3 is 28.8 Å². The Morgan fingerprint density at radius 2 is 1.91 bits per heavy atom. The third-order valence-corrected chi connectivity index (χ3v) is 4.43. The summed E-state index contributed by atoms with van der Waals surface area (Å²) in [5.74, 6) is -1.23. The molecule has 1 aromatic carbocycles. The van der Waals surface area contributed by atoms with Crippen molar-refractivity contribution in [1.29, 1.82) is 0 Å². The SMILES string of the molecule is COC1(C)O[C@H]2O[C@@H]3COC(c4ccccc4)O[C@@H]3[C@H](O)[C@H]2O1. The van der Waals surface area contributed by atoms with Crippen molar-refractivity contribution in [3.63, 3.8) is 0 Å². The van der Waals surface area contributed by atoms with Crippen LogP contribution in [0.25, 0.3) is 0 Å². The Hall–Kier alpha value is -1.06. The average molecular weight is 324 g/mol. The highest BCUT2D eigenvalue weighted by Crippen LogP contribution is 2.41. The van der Waals surface area contributed by atoms with E-state index in [2.05, 4.69) is 0 Å². The van der Waals surface area contributed by atoms with Crippen molar-refractivity contribution in [2.75, 3.05) is 13.7 Å². The smallest absolute Gasteiger partial charge is 0.282 e. The topological polar surface area (TPSA) is 75.6 Å². The van der Waals surface area contributed by atoms with E-state index in [-0.39, 0.29) is 0 Å². The van der Waals surface area contributed by atoms with Gasteiger partial charge in [-0.05, 0) is 0 Å². The molecule has 0 amide bonds. The molecule has 7 heteroatoms. The van der Waals surface area contributed by atoms with Crippen LogP contribution >= 0.6 is 0 Å². The van der Waals surface area contributed by atoms with Crippen LogP contribution in [0.5, 0.6) is 0 Å². The van der Waals surface area contributed by atoms with Crippen molar-refractivity contribution in [1.82, 2.24) is 0 Å². The lowest BCUT2D eigenvalue weighted by molar-refractivity contribution is -0.348. The fourth-order valence-corrected chi connectivity index (χ4v) is 3.15. The summed E-state index contributed by atoms with van der Waals surface area (Å²) in [6, 6.07) is 9.58. The minimum absolute atomic E-state index is 0.303. The third kappa shape index (κ3) is 2.68. The number of benzene rings is 1. The first kappa shape index (κ1) is 15.5. The molecule has 4 rings (SSSR count). The number of methoxy groups -OCH3 is 1. The van der Waals surface area contributed by atoms with Gasteiger partial charge in [-0.15, -0.1) is 0 Å². The van der Waals surface area contributed by atoms with Gasteiger partial charge in [0.2, 0.25) is 0 Å². The zero-order valence-electron chi connectivity index (χ0n) is 13.0. The Labute approximate surface area is 134 Å². The van der Waals surface area contributed by atoms with Crippen LogP contribution in [0.3, 0.4) is 0 Å². The van der Waals surface area contributed by atoms with E-state index in [4.69, 9.17) is 28.4 Å². The maximum Gasteiger partial charge on any atom is 0.282 e. The Kier molecular flexibility index (Phi) is 3.89. The molecular formula is C16H20O7. The fraction of sp³-hybridized carbons (Fsp3) is 0.625. The zero-order chi connectivity index (χ0) is 16.0. The summed E-state index contributed by atoms with van der Waals surface area (Å²) in [5.41, 5.74) is 0.894. The van der Waals surface area contributed by atoms with Gasteiger partial charge in [0.1, 0.15) is 24.4 Å². The largest absolute Gasteiger partial charge is 0.387 e. The van der Waals surface area contributed by atoms with Crippen LogP contribution in [0.15, 0.2) is 30.3 Å². The maximum absolute atomic E-state index is 10.6. The lowest BCUT2D eigenvalue weighted by Gasteiger charge is -2.44. The lowest BCUT2D eigenvalue weighted by atomic mass is 9.98. The normalized spacial score (nSPS) is 46.2. The van der Waals surface area contributed by atoms with Crippen LogP contribution in [0, 0.1) is 0 Å². The summed E-state index contributed by atoms with van der Waals surface area (Å²) in [4.78, 5) is 0. The maximum atomic E-state index is 10.6. The molecule has 3 aliphatic heterocycles. The van der Waals surface area contributed by atoms with Crippen LogP contribution in [0.2, 0.25) is 0 Å². The summed E-state index contributed by atoms with van der Waals surface area (Å²) in [7, 11) is 1.47. The van der Waals surface area contributed by atoms with E-state index in [0.717, 1.165) is 5.56 Å². The van der Waals surface area contributed by atoms with Crippen molar-refractivity contribution < 1.29 is 33.5 Å². The first-order valence-corrected chi connectivity index (χ1v) is 7.66. The molecule has 0 saturated carbocycles. The van der Waals surface area contributed by atoms with E-state index in [0.29, 0.717) is 6.61 Å². The van der Waals surface area contributed by atoms with Gasteiger partial charge in [0.15, 0.2) is 12.6 Å². The molecule has 7 nitrogen and oxygen atoms in total. The van der Waals surface area contributed by atoms with Crippen LogP contribution < -0.4 is 0 Å². The summed E-state index contributed by atoms with van der Waals surface area (Å²) >= 11 is 0. The number of ether oxygens (including phenoxy) is 6. The van der Waals surface area contributed by atoms with Crippen molar-refractivity contribution >= 4 is 0 Å². The van der Waals surface area contributed by atoms with Gasteiger partial charge in [-0.1, -0.05) is 30.3 Å². The number of hydrogen-bond acceptors (Lipinski definition) is 7. The van der Waals surface area contributed by atoms with Crippen LogP contribution in [0.1, 0.15) is 18.8 Å². The Morgan fingerprint density at radius 1 is 1.13 bits per heavy atom. The summed E-state index contributed by atoms with van der Waals surface area (Å²) in [6.45, 7) is 1.94. The minimum Gasteiger partial charge on any atom is -0.387 e. The number of fused-ring (bicyclic) bond motifs is 2. The molecule has 0 spiro atoms. The Bertz CT molecular complexity index is 553. The zero-order valence-corrected chi connectivity index (χ0v) is 13.0. The molecule has 3 saturated heterocycles. The molecular weight excluding hydrogens is 304 g/mol. The second kappa shape index (κ2) is 5.78. The highest BCUT2D eigenvalue weighted by atomic mass is 16.9. The molecule has 3 aliphatic rings. The molecule has 7 atom stereocenters. The third-order valence-electron chi connectivity index (χ3n) is 4.43. The first-order valence-electron chi connectivity index (χ1n) is 7.66. The molecule has 126 valence electrons. The van der Waals surface area contributed by atoms with Crippen molar-refractivity contribution in [2.24, 2.45) is 0 Å². The average Bonchev–Trinajstić information content (AvgIpc) is 2.93. The molecule has 0 aromatic heterocycles. The Morgan fingerprint density at radius 3 is 2.65 bits per heavy atom. The Balaban J connectivity index is 1.51. The molecule has 1 N–H and O–H groups in total. The highest BCUT2D eigenvalue weighted by Gasteiger charge is 2.57. The molecule has 1 aromatic rings. The quantitative estimate of drug-likeness (QED) is 0.867. The number of rotatable bonds is 2. The summed E-state index contributed by atoms with van der Waals surface area (Å²) in [6.07, 6.45) is -3.80.